The van der Waals surface area contributed by atoms with Gasteiger partial charge in [-0.3, -0.25) is 4.79 Å². The normalized spacial score (nSPS) is 20.6. The first-order chi connectivity index (χ1) is 16.4. The smallest absolute Gasteiger partial charge is 0.407 e. The second-order valence-corrected chi connectivity index (χ2v) is 8.42. The number of fused-ring (bicyclic) bond motifs is 3. The van der Waals surface area contributed by atoms with Crippen molar-refractivity contribution in [3.8, 4) is 11.1 Å². The SMILES string of the molecule is CO[C@H](C)[C@H](NC(=O)[C@H]1OCC[C@H]1NC(=O)OCC1c2ccccc2-c2ccccc21)C(=O)O. The number of carboxylic acid groups (broad SMARTS) is 1. The molecule has 9 heteroatoms. The van der Waals surface area contributed by atoms with Crippen LogP contribution in [-0.2, 0) is 23.8 Å². The van der Waals surface area contributed by atoms with Crippen molar-refractivity contribution in [1.29, 1.82) is 0 Å². The monoisotopic (exact) mass is 468 g/mol. The van der Waals surface area contributed by atoms with Crippen LogP contribution in [0.25, 0.3) is 11.1 Å². The van der Waals surface area contributed by atoms with Gasteiger partial charge in [0.05, 0.1) is 12.1 Å². The molecule has 0 unspecified atom stereocenters. The minimum atomic E-state index is -1.24. The van der Waals surface area contributed by atoms with Crippen LogP contribution in [0.15, 0.2) is 48.5 Å². The number of hydrogen-bond donors (Lipinski definition) is 3. The summed E-state index contributed by atoms with van der Waals surface area (Å²) in [5.74, 6) is -1.93. The summed E-state index contributed by atoms with van der Waals surface area (Å²) in [6, 6.07) is 14.2. The van der Waals surface area contributed by atoms with Gasteiger partial charge in [-0.2, -0.15) is 0 Å². The van der Waals surface area contributed by atoms with Gasteiger partial charge in [0.1, 0.15) is 6.61 Å². The maximum Gasteiger partial charge on any atom is 0.407 e. The number of amides is 2. The minimum Gasteiger partial charge on any atom is -0.480 e. The molecule has 0 bridgehead atoms. The lowest BCUT2D eigenvalue weighted by Crippen LogP contribution is -2.55. The Labute approximate surface area is 197 Å². The number of rotatable bonds is 8. The average molecular weight is 469 g/mol. The van der Waals surface area contributed by atoms with E-state index in [1.54, 1.807) is 6.92 Å². The Hall–Kier alpha value is -3.43. The highest BCUT2D eigenvalue weighted by Gasteiger charge is 2.39. The van der Waals surface area contributed by atoms with Crippen LogP contribution in [0.2, 0.25) is 0 Å². The van der Waals surface area contributed by atoms with Crippen molar-refractivity contribution in [1.82, 2.24) is 10.6 Å². The molecule has 3 N–H and O–H groups in total. The molecule has 1 aliphatic carbocycles. The second kappa shape index (κ2) is 10.2. The maximum absolute atomic E-state index is 12.7. The van der Waals surface area contributed by atoms with Gasteiger partial charge in [-0.05, 0) is 35.6 Å². The molecule has 2 aliphatic rings. The van der Waals surface area contributed by atoms with Gasteiger partial charge >= 0.3 is 12.1 Å². The van der Waals surface area contributed by atoms with E-state index < -0.39 is 42.3 Å². The first-order valence-corrected chi connectivity index (χ1v) is 11.2. The molecule has 1 saturated heterocycles. The fourth-order valence-electron chi connectivity index (χ4n) is 4.54. The quantitative estimate of drug-likeness (QED) is 0.543. The molecule has 9 nitrogen and oxygen atoms in total. The van der Waals surface area contributed by atoms with Gasteiger partial charge in [0, 0.05) is 19.6 Å². The van der Waals surface area contributed by atoms with Crippen molar-refractivity contribution in [2.75, 3.05) is 20.3 Å². The van der Waals surface area contributed by atoms with E-state index in [0.717, 1.165) is 22.3 Å². The zero-order valence-electron chi connectivity index (χ0n) is 19.0. The number of benzene rings is 2. The van der Waals surface area contributed by atoms with Gasteiger partial charge in [-0.25, -0.2) is 9.59 Å². The van der Waals surface area contributed by atoms with Crippen molar-refractivity contribution >= 4 is 18.0 Å². The summed E-state index contributed by atoms with van der Waals surface area (Å²) in [5.41, 5.74) is 4.47. The summed E-state index contributed by atoms with van der Waals surface area (Å²) in [6.07, 6.45) is -2.02. The molecule has 0 radical (unpaired) electrons. The van der Waals surface area contributed by atoms with Crippen LogP contribution in [0.1, 0.15) is 30.4 Å². The third-order valence-electron chi connectivity index (χ3n) is 6.40. The van der Waals surface area contributed by atoms with Crippen molar-refractivity contribution in [2.24, 2.45) is 0 Å². The first kappa shape index (κ1) is 23.7. The van der Waals surface area contributed by atoms with Gasteiger partial charge in [-0.1, -0.05) is 48.5 Å². The minimum absolute atomic E-state index is 0.0797. The van der Waals surface area contributed by atoms with E-state index in [9.17, 15) is 19.5 Å². The lowest BCUT2D eigenvalue weighted by Gasteiger charge is -2.24. The highest BCUT2D eigenvalue weighted by atomic mass is 16.6. The number of carboxylic acids is 1. The number of hydrogen-bond acceptors (Lipinski definition) is 6. The standard InChI is InChI=1S/C25H28N2O7/c1-14(32-2)21(24(29)30)27-23(28)22-20(11-12-33-22)26-25(31)34-13-19-17-9-5-3-7-15(17)16-8-4-6-10-18(16)19/h3-10,14,19-22H,11-13H2,1-2H3,(H,26,31)(H,27,28)(H,29,30)/t14-,20-,21+,22+/m1/s1. The van der Waals surface area contributed by atoms with Crippen LogP contribution >= 0.6 is 0 Å². The summed E-state index contributed by atoms with van der Waals surface area (Å²) < 4.78 is 16.1. The molecular formula is C25H28N2O7. The van der Waals surface area contributed by atoms with E-state index in [4.69, 9.17) is 14.2 Å². The number of ether oxygens (including phenoxy) is 3. The van der Waals surface area contributed by atoms with E-state index >= 15 is 0 Å². The molecule has 0 aromatic heterocycles. The third-order valence-corrected chi connectivity index (χ3v) is 6.40. The summed E-state index contributed by atoms with van der Waals surface area (Å²) in [7, 11) is 1.36. The fraction of sp³-hybridized carbons (Fsp3) is 0.400. The lowest BCUT2D eigenvalue weighted by molar-refractivity contribution is -0.147. The molecule has 4 atom stereocenters. The van der Waals surface area contributed by atoms with Crippen LogP contribution in [-0.4, -0.2) is 67.7 Å². The molecule has 34 heavy (non-hydrogen) atoms. The fourth-order valence-corrected chi connectivity index (χ4v) is 4.54. The summed E-state index contributed by atoms with van der Waals surface area (Å²) >= 11 is 0. The van der Waals surface area contributed by atoms with E-state index in [-0.39, 0.29) is 19.1 Å². The third kappa shape index (κ3) is 4.76. The van der Waals surface area contributed by atoms with Crippen LogP contribution in [0.3, 0.4) is 0 Å². The Morgan fingerprint density at radius 3 is 2.29 bits per heavy atom. The largest absolute Gasteiger partial charge is 0.480 e. The number of aliphatic carboxylic acids is 1. The van der Waals surface area contributed by atoms with Crippen molar-refractivity contribution in [3.63, 3.8) is 0 Å². The predicted molar refractivity (Wildman–Crippen MR) is 122 cm³/mol. The van der Waals surface area contributed by atoms with Gasteiger partial charge < -0.3 is 30.0 Å². The summed E-state index contributed by atoms with van der Waals surface area (Å²) in [5, 5.41) is 14.5. The summed E-state index contributed by atoms with van der Waals surface area (Å²) in [4.78, 5) is 36.7. The lowest BCUT2D eigenvalue weighted by atomic mass is 9.98. The Kier molecular flexibility index (Phi) is 7.14. The topological polar surface area (TPSA) is 123 Å². The highest BCUT2D eigenvalue weighted by molar-refractivity contribution is 5.88. The van der Waals surface area contributed by atoms with Gasteiger partial charge in [0.15, 0.2) is 12.1 Å². The van der Waals surface area contributed by atoms with Gasteiger partial charge in [0.2, 0.25) is 0 Å². The van der Waals surface area contributed by atoms with Crippen LogP contribution in [0.5, 0.6) is 0 Å². The van der Waals surface area contributed by atoms with Crippen molar-refractivity contribution in [2.45, 2.75) is 43.6 Å². The molecule has 2 amide bonds. The molecule has 1 heterocycles. The van der Waals surface area contributed by atoms with Crippen molar-refractivity contribution < 1.29 is 33.7 Å². The predicted octanol–water partition coefficient (Wildman–Crippen LogP) is 2.29. The van der Waals surface area contributed by atoms with E-state index in [2.05, 4.69) is 22.8 Å². The number of alkyl carbamates (subject to hydrolysis) is 1. The van der Waals surface area contributed by atoms with Crippen molar-refractivity contribution in [3.05, 3.63) is 59.7 Å². The van der Waals surface area contributed by atoms with Crippen LogP contribution in [0, 0.1) is 0 Å². The first-order valence-electron chi connectivity index (χ1n) is 11.2. The molecule has 2 aromatic carbocycles. The molecule has 2 aromatic rings. The molecule has 1 aliphatic heterocycles. The number of carbonyl (C=O) groups excluding carboxylic acids is 2. The maximum atomic E-state index is 12.7. The highest BCUT2D eigenvalue weighted by Crippen LogP contribution is 2.44. The Bertz CT molecular complexity index is 1030. The molecule has 0 spiro atoms. The summed E-state index contributed by atoms with van der Waals surface area (Å²) in [6.45, 7) is 1.95. The molecular weight excluding hydrogens is 440 g/mol. The zero-order chi connectivity index (χ0) is 24.2. The molecule has 1 fully saturated rings. The Morgan fingerprint density at radius 2 is 1.71 bits per heavy atom. The number of nitrogens with one attached hydrogen (secondary N) is 2. The van der Waals surface area contributed by atoms with E-state index in [0.29, 0.717) is 6.42 Å². The van der Waals surface area contributed by atoms with Crippen LogP contribution in [0.4, 0.5) is 4.79 Å². The zero-order valence-corrected chi connectivity index (χ0v) is 19.0. The van der Waals surface area contributed by atoms with Gasteiger partial charge in [0.25, 0.3) is 5.91 Å². The molecule has 0 saturated carbocycles. The molecule has 4 rings (SSSR count). The number of methoxy groups -OCH3 is 1. The Morgan fingerprint density at radius 1 is 1.09 bits per heavy atom. The van der Waals surface area contributed by atoms with Gasteiger partial charge in [-0.15, -0.1) is 0 Å². The van der Waals surface area contributed by atoms with E-state index in [1.807, 2.05) is 36.4 Å². The average Bonchev–Trinajstić information content (AvgIpc) is 3.43. The van der Waals surface area contributed by atoms with E-state index in [1.165, 1.54) is 7.11 Å². The second-order valence-electron chi connectivity index (χ2n) is 8.42. The number of carbonyl (C=O) groups is 3. The Balaban J connectivity index is 1.37. The molecule has 180 valence electrons. The van der Waals surface area contributed by atoms with Crippen LogP contribution < -0.4 is 10.6 Å².